The van der Waals surface area contributed by atoms with E-state index in [4.69, 9.17) is 21.1 Å². The highest BCUT2D eigenvalue weighted by Gasteiger charge is 2.25. The van der Waals surface area contributed by atoms with Crippen LogP contribution in [0.3, 0.4) is 0 Å². The predicted octanol–water partition coefficient (Wildman–Crippen LogP) is 4.21. The number of rotatable bonds is 6. The van der Waals surface area contributed by atoms with E-state index >= 15 is 0 Å². The lowest BCUT2D eigenvalue weighted by Crippen LogP contribution is -2.17. The van der Waals surface area contributed by atoms with Gasteiger partial charge in [0.15, 0.2) is 11.5 Å². The molecule has 1 heterocycles. The van der Waals surface area contributed by atoms with Gasteiger partial charge in [-0.3, -0.25) is 19.7 Å². The van der Waals surface area contributed by atoms with Crippen LogP contribution in [-0.4, -0.2) is 23.7 Å². The number of benzene rings is 2. The van der Waals surface area contributed by atoms with Gasteiger partial charge in [0, 0.05) is 5.02 Å². The topological polar surface area (TPSA) is 81.7 Å². The largest absolute Gasteiger partial charge is 0.490 e. The Hall–Kier alpha value is -2.77. The van der Waals surface area contributed by atoms with Crippen LogP contribution in [-0.2, 0) is 16.0 Å². The second-order valence-corrected chi connectivity index (χ2v) is 7.22. The fourth-order valence-electron chi connectivity index (χ4n) is 2.51. The second-order valence-electron chi connectivity index (χ2n) is 5.77. The van der Waals surface area contributed by atoms with Crippen LogP contribution in [0.4, 0.5) is 4.79 Å². The Morgan fingerprint density at radius 1 is 1.18 bits per heavy atom. The molecular weight excluding hydrogens is 402 g/mol. The molecule has 1 fully saturated rings. The average Bonchev–Trinajstić information content (AvgIpc) is 2.94. The number of hydrogen-bond donors (Lipinski definition) is 1. The third-order valence-corrected chi connectivity index (χ3v) is 4.71. The van der Waals surface area contributed by atoms with Gasteiger partial charge in [0.1, 0.15) is 0 Å². The maximum atomic E-state index is 12.3. The molecule has 0 aliphatic carbocycles. The average molecular weight is 418 g/mol. The zero-order valence-corrected chi connectivity index (χ0v) is 16.4. The number of carbonyl (C=O) groups excluding carboxylic acids is 3. The number of esters is 1. The van der Waals surface area contributed by atoms with Crippen LogP contribution in [0.5, 0.6) is 11.5 Å². The van der Waals surface area contributed by atoms with E-state index in [-0.39, 0.29) is 17.1 Å². The van der Waals surface area contributed by atoms with Crippen molar-refractivity contribution in [3.8, 4) is 11.5 Å². The molecule has 1 aliphatic heterocycles. The number of ether oxygens (including phenoxy) is 2. The molecule has 0 unspecified atom stereocenters. The van der Waals surface area contributed by atoms with Crippen LogP contribution in [0, 0.1) is 0 Å². The Kier molecular flexibility index (Phi) is 6.38. The minimum Gasteiger partial charge on any atom is -0.490 e. The molecule has 1 saturated heterocycles. The third-order valence-electron chi connectivity index (χ3n) is 3.67. The summed E-state index contributed by atoms with van der Waals surface area (Å²) < 4.78 is 11.0. The molecule has 8 heteroatoms. The lowest BCUT2D eigenvalue weighted by atomic mass is 10.1. The summed E-state index contributed by atoms with van der Waals surface area (Å²) in [7, 11) is 0. The monoisotopic (exact) mass is 417 g/mol. The SMILES string of the molecule is CCOc1cc(C=C2SC(=O)NC2=O)ccc1OC(=O)Cc1cccc(Cl)c1. The second kappa shape index (κ2) is 8.95. The van der Waals surface area contributed by atoms with Crippen molar-refractivity contribution in [3.63, 3.8) is 0 Å². The molecule has 2 aromatic carbocycles. The van der Waals surface area contributed by atoms with E-state index in [1.165, 1.54) is 0 Å². The Balaban J connectivity index is 1.77. The molecule has 6 nitrogen and oxygen atoms in total. The summed E-state index contributed by atoms with van der Waals surface area (Å²) in [5.74, 6) is -0.253. The van der Waals surface area contributed by atoms with Crippen LogP contribution in [0.25, 0.3) is 6.08 Å². The van der Waals surface area contributed by atoms with Crippen LogP contribution in [0.15, 0.2) is 47.4 Å². The summed E-state index contributed by atoms with van der Waals surface area (Å²) >= 11 is 6.76. The third kappa shape index (κ3) is 5.15. The Morgan fingerprint density at radius 2 is 2.00 bits per heavy atom. The minimum atomic E-state index is -0.453. The summed E-state index contributed by atoms with van der Waals surface area (Å²) in [5, 5.41) is 2.34. The Labute approximate surface area is 170 Å². The number of imide groups is 1. The fraction of sp³-hybridized carbons (Fsp3) is 0.150. The van der Waals surface area contributed by atoms with Crippen molar-refractivity contribution < 1.29 is 23.9 Å². The highest BCUT2D eigenvalue weighted by Crippen LogP contribution is 2.32. The quantitative estimate of drug-likeness (QED) is 0.430. The van der Waals surface area contributed by atoms with Crippen molar-refractivity contribution in [1.29, 1.82) is 0 Å². The van der Waals surface area contributed by atoms with E-state index in [9.17, 15) is 14.4 Å². The van der Waals surface area contributed by atoms with Gasteiger partial charge in [0.25, 0.3) is 11.1 Å². The zero-order chi connectivity index (χ0) is 20.1. The van der Waals surface area contributed by atoms with Gasteiger partial charge < -0.3 is 9.47 Å². The number of halogens is 1. The normalized spacial score (nSPS) is 14.9. The van der Waals surface area contributed by atoms with Crippen molar-refractivity contribution >= 4 is 46.6 Å². The van der Waals surface area contributed by atoms with Crippen molar-refractivity contribution in [1.82, 2.24) is 5.32 Å². The first-order chi connectivity index (χ1) is 13.4. The highest BCUT2D eigenvalue weighted by molar-refractivity contribution is 8.18. The Morgan fingerprint density at radius 3 is 2.68 bits per heavy atom. The number of thioether (sulfide) groups is 1. The lowest BCUT2D eigenvalue weighted by molar-refractivity contribution is -0.133. The van der Waals surface area contributed by atoms with Crippen molar-refractivity contribution in [2.24, 2.45) is 0 Å². The van der Waals surface area contributed by atoms with Crippen LogP contribution in [0.1, 0.15) is 18.1 Å². The molecule has 1 aliphatic rings. The summed E-state index contributed by atoms with van der Waals surface area (Å²) in [5.41, 5.74) is 1.39. The van der Waals surface area contributed by atoms with Crippen molar-refractivity contribution in [2.45, 2.75) is 13.3 Å². The highest BCUT2D eigenvalue weighted by atomic mass is 35.5. The Bertz CT molecular complexity index is 973. The van der Waals surface area contributed by atoms with Gasteiger partial charge in [0.05, 0.1) is 17.9 Å². The summed E-state index contributed by atoms with van der Waals surface area (Å²) in [6.07, 6.45) is 1.64. The first-order valence-corrected chi connectivity index (χ1v) is 9.61. The smallest absolute Gasteiger partial charge is 0.315 e. The van der Waals surface area contributed by atoms with Crippen LogP contribution in [0.2, 0.25) is 5.02 Å². The molecule has 0 spiro atoms. The predicted molar refractivity (Wildman–Crippen MR) is 108 cm³/mol. The maximum absolute atomic E-state index is 12.3. The van der Waals surface area contributed by atoms with Gasteiger partial charge >= 0.3 is 5.97 Å². The van der Waals surface area contributed by atoms with Gasteiger partial charge in [-0.1, -0.05) is 29.8 Å². The number of carbonyl (C=O) groups is 3. The van der Waals surface area contributed by atoms with E-state index in [1.807, 2.05) is 6.92 Å². The molecule has 2 amide bonds. The van der Waals surface area contributed by atoms with Crippen LogP contribution < -0.4 is 14.8 Å². The molecule has 0 radical (unpaired) electrons. The molecule has 1 N–H and O–H groups in total. The molecule has 0 bridgehead atoms. The van der Waals surface area contributed by atoms with Gasteiger partial charge in [0.2, 0.25) is 0 Å². The fourth-order valence-corrected chi connectivity index (χ4v) is 3.41. The van der Waals surface area contributed by atoms with Gasteiger partial charge in [-0.25, -0.2) is 0 Å². The van der Waals surface area contributed by atoms with E-state index in [0.717, 1.165) is 17.3 Å². The number of hydrogen-bond acceptors (Lipinski definition) is 6. The van der Waals surface area contributed by atoms with Gasteiger partial charge in [-0.2, -0.15) is 0 Å². The molecule has 3 rings (SSSR count). The first-order valence-electron chi connectivity index (χ1n) is 8.41. The number of amides is 2. The van der Waals surface area contributed by atoms with E-state index in [0.29, 0.717) is 22.9 Å². The van der Waals surface area contributed by atoms with E-state index in [1.54, 1.807) is 48.5 Å². The van der Waals surface area contributed by atoms with Crippen molar-refractivity contribution in [3.05, 3.63) is 63.5 Å². The molecule has 2 aromatic rings. The zero-order valence-electron chi connectivity index (χ0n) is 14.9. The summed E-state index contributed by atoms with van der Waals surface area (Å²) in [4.78, 5) is 35.5. The maximum Gasteiger partial charge on any atom is 0.315 e. The molecule has 28 heavy (non-hydrogen) atoms. The summed E-state index contributed by atoms with van der Waals surface area (Å²) in [6, 6.07) is 11.9. The van der Waals surface area contributed by atoms with Gasteiger partial charge in [-0.05, 0) is 60.2 Å². The molecular formula is C20H16ClNO5S. The van der Waals surface area contributed by atoms with E-state index in [2.05, 4.69) is 5.32 Å². The molecule has 0 atom stereocenters. The molecule has 0 saturated carbocycles. The van der Waals surface area contributed by atoms with Crippen LogP contribution >= 0.6 is 23.4 Å². The van der Waals surface area contributed by atoms with Crippen molar-refractivity contribution in [2.75, 3.05) is 6.61 Å². The standard InChI is InChI=1S/C20H16ClNO5S/c1-2-26-16-9-13(10-17-19(24)22-20(25)28-17)6-7-15(16)27-18(23)11-12-4-3-5-14(21)8-12/h3-10H,2,11H2,1H3,(H,22,24,25). The van der Waals surface area contributed by atoms with Gasteiger partial charge in [-0.15, -0.1) is 0 Å². The molecule has 0 aromatic heterocycles. The minimum absolute atomic E-state index is 0.0663. The number of nitrogens with one attached hydrogen (secondary N) is 1. The summed E-state index contributed by atoms with van der Waals surface area (Å²) in [6.45, 7) is 2.17. The van der Waals surface area contributed by atoms with E-state index < -0.39 is 17.1 Å². The first kappa shape index (κ1) is 20.0. The molecule has 144 valence electrons. The lowest BCUT2D eigenvalue weighted by Gasteiger charge is -2.11.